The van der Waals surface area contributed by atoms with E-state index in [4.69, 9.17) is 56.3 Å². The van der Waals surface area contributed by atoms with E-state index in [-0.39, 0.29) is 44.0 Å². The van der Waals surface area contributed by atoms with Crippen molar-refractivity contribution in [1.82, 2.24) is 0 Å². The third-order valence-corrected chi connectivity index (χ3v) is 7.40. The highest BCUT2D eigenvalue weighted by atomic mass is 35.5. The van der Waals surface area contributed by atoms with E-state index in [9.17, 15) is 28.6 Å². The van der Waals surface area contributed by atoms with Crippen molar-refractivity contribution in [1.29, 1.82) is 10.5 Å². The van der Waals surface area contributed by atoms with Gasteiger partial charge in [0.25, 0.3) is 11.8 Å². The standard InChI is InChI=1S/2C18H13ClFN3O3/c2*1-18(25,10-26-13-5-3-11(9-21)15(20)8-13)17(24)23-12-4-6-16(22-2)14(19)7-12/h2*3-8,25H,10H2,1H3,(H,23,24)/t2*18-/m00/s1. The van der Waals surface area contributed by atoms with Crippen LogP contribution in [0.15, 0.2) is 72.8 Å². The van der Waals surface area contributed by atoms with E-state index < -0.39 is 47.9 Å². The van der Waals surface area contributed by atoms with Crippen molar-refractivity contribution in [2.24, 2.45) is 0 Å². The van der Waals surface area contributed by atoms with Crippen LogP contribution in [0.5, 0.6) is 11.5 Å². The van der Waals surface area contributed by atoms with Crippen molar-refractivity contribution in [3.8, 4) is 23.6 Å². The topological polar surface area (TPSA) is 173 Å². The fourth-order valence-electron chi connectivity index (χ4n) is 3.81. The number of nitriles is 2. The van der Waals surface area contributed by atoms with Crippen LogP contribution in [-0.4, -0.2) is 46.4 Å². The zero-order valence-corrected chi connectivity index (χ0v) is 28.7. The molecule has 0 aromatic heterocycles. The molecule has 4 N–H and O–H groups in total. The molecule has 52 heavy (non-hydrogen) atoms. The monoisotopic (exact) mass is 746 g/mol. The van der Waals surface area contributed by atoms with Gasteiger partial charge in [0.2, 0.25) is 11.4 Å². The summed E-state index contributed by atoms with van der Waals surface area (Å²) >= 11 is 11.8. The summed E-state index contributed by atoms with van der Waals surface area (Å²) in [5.41, 5.74) is -3.03. The number of nitrogens with one attached hydrogen (secondary N) is 2. The first-order valence-corrected chi connectivity index (χ1v) is 15.4. The van der Waals surface area contributed by atoms with Gasteiger partial charge >= 0.3 is 0 Å². The van der Waals surface area contributed by atoms with Gasteiger partial charge in [0.15, 0.2) is 11.2 Å². The lowest BCUT2D eigenvalue weighted by molar-refractivity contribution is -0.135. The van der Waals surface area contributed by atoms with Crippen molar-refractivity contribution in [2.75, 3.05) is 23.8 Å². The van der Waals surface area contributed by atoms with Gasteiger partial charge in [-0.2, -0.15) is 10.5 Å². The molecule has 264 valence electrons. The highest BCUT2D eigenvalue weighted by Crippen LogP contribution is 2.29. The Morgan fingerprint density at radius 3 is 1.38 bits per heavy atom. The second kappa shape index (κ2) is 17.6. The summed E-state index contributed by atoms with van der Waals surface area (Å²) < 4.78 is 37.6. The lowest BCUT2D eigenvalue weighted by Crippen LogP contribution is -2.45. The molecular weight excluding hydrogens is 721 g/mol. The van der Waals surface area contributed by atoms with Crippen molar-refractivity contribution in [3.05, 3.63) is 128 Å². The van der Waals surface area contributed by atoms with E-state index in [0.29, 0.717) is 11.4 Å². The first kappa shape index (κ1) is 40.2. The lowest BCUT2D eigenvalue weighted by Gasteiger charge is -2.22. The summed E-state index contributed by atoms with van der Waals surface area (Å²) in [7, 11) is 0. The molecule has 4 aromatic carbocycles. The van der Waals surface area contributed by atoms with Crippen LogP contribution >= 0.6 is 23.2 Å². The SMILES string of the molecule is [C-]#[N+]c1ccc(NC(=O)[C@@](C)(O)COc2ccc(C#N)c(F)c2)cc1Cl.[C-]#[N+]c1ccc(NC(=O)[C@@](C)(O)COc2ccc(C#N)c(F)c2)cc1Cl. The van der Waals surface area contributed by atoms with Crippen LogP contribution in [0.4, 0.5) is 31.5 Å². The van der Waals surface area contributed by atoms with Gasteiger partial charge in [0, 0.05) is 33.6 Å². The molecule has 0 saturated heterocycles. The Morgan fingerprint density at radius 2 is 1.10 bits per heavy atom. The number of hydrogen-bond donors (Lipinski definition) is 4. The number of ether oxygens (including phenoxy) is 2. The van der Waals surface area contributed by atoms with Crippen LogP contribution in [0.25, 0.3) is 9.69 Å². The summed E-state index contributed by atoms with van der Waals surface area (Å²) in [6, 6.07) is 19.2. The number of aliphatic hydroxyl groups is 2. The number of carbonyl (C=O) groups excluding carboxylic acids is 2. The Hall–Kier alpha value is -6.26. The van der Waals surface area contributed by atoms with Crippen molar-refractivity contribution < 1.29 is 38.1 Å². The van der Waals surface area contributed by atoms with Crippen molar-refractivity contribution >= 4 is 57.8 Å². The largest absolute Gasteiger partial charge is 0.490 e. The molecule has 0 fully saturated rings. The van der Waals surface area contributed by atoms with E-state index in [1.54, 1.807) is 12.1 Å². The molecule has 0 bridgehead atoms. The molecule has 0 aliphatic carbocycles. The Morgan fingerprint density at radius 1 is 0.731 bits per heavy atom. The highest BCUT2D eigenvalue weighted by Gasteiger charge is 2.33. The summed E-state index contributed by atoms with van der Waals surface area (Å²) in [6.45, 7) is 15.4. The molecule has 0 radical (unpaired) electrons. The molecule has 0 unspecified atom stereocenters. The predicted molar refractivity (Wildman–Crippen MR) is 187 cm³/mol. The normalized spacial score (nSPS) is 12.4. The number of halogens is 4. The third-order valence-electron chi connectivity index (χ3n) is 6.79. The fraction of sp³-hybridized carbons (Fsp3) is 0.167. The van der Waals surface area contributed by atoms with Gasteiger partial charge in [0.1, 0.15) is 48.5 Å². The molecule has 16 heteroatoms. The average Bonchev–Trinajstić information content (AvgIpc) is 3.10. The molecule has 12 nitrogen and oxygen atoms in total. The third kappa shape index (κ3) is 10.9. The molecule has 0 aliphatic rings. The maximum atomic E-state index is 13.5. The van der Waals surface area contributed by atoms with Gasteiger partial charge in [-0.15, -0.1) is 0 Å². The van der Waals surface area contributed by atoms with Gasteiger partial charge < -0.3 is 30.3 Å². The number of benzene rings is 4. The van der Waals surface area contributed by atoms with Crippen molar-refractivity contribution in [2.45, 2.75) is 25.0 Å². The maximum Gasteiger partial charge on any atom is 0.259 e. The number of hydrogen-bond acceptors (Lipinski definition) is 8. The summed E-state index contributed by atoms with van der Waals surface area (Å²) in [4.78, 5) is 30.9. The Labute approximate surface area is 306 Å². The van der Waals surface area contributed by atoms with Crippen LogP contribution in [0.1, 0.15) is 25.0 Å². The second-order valence-electron chi connectivity index (χ2n) is 11.1. The van der Waals surface area contributed by atoms with Crippen LogP contribution in [-0.2, 0) is 9.59 Å². The molecule has 0 heterocycles. The minimum absolute atomic E-state index is 0.0685. The highest BCUT2D eigenvalue weighted by molar-refractivity contribution is 6.34. The molecule has 0 saturated carbocycles. The van der Waals surface area contributed by atoms with Crippen molar-refractivity contribution in [3.63, 3.8) is 0 Å². The van der Waals surface area contributed by atoms with E-state index in [1.807, 2.05) is 0 Å². The van der Waals surface area contributed by atoms with Crippen LogP contribution in [0.3, 0.4) is 0 Å². The molecule has 4 aromatic rings. The van der Waals surface area contributed by atoms with Gasteiger partial charge in [-0.1, -0.05) is 35.3 Å². The molecule has 0 aliphatic heterocycles. The maximum absolute atomic E-state index is 13.5. The number of anilines is 2. The predicted octanol–water partition coefficient (Wildman–Crippen LogP) is 7.34. The number of nitrogens with zero attached hydrogens (tertiary/aromatic N) is 4. The zero-order valence-electron chi connectivity index (χ0n) is 27.2. The summed E-state index contributed by atoms with van der Waals surface area (Å²) in [5.74, 6) is -2.91. The number of amides is 2. The molecule has 2 amide bonds. The zero-order chi connectivity index (χ0) is 38.6. The number of rotatable bonds is 10. The van der Waals surface area contributed by atoms with Crippen LogP contribution in [0, 0.1) is 47.4 Å². The lowest BCUT2D eigenvalue weighted by atomic mass is 10.1. The van der Waals surface area contributed by atoms with E-state index in [2.05, 4.69) is 20.3 Å². The van der Waals surface area contributed by atoms with Gasteiger partial charge in [-0.25, -0.2) is 18.5 Å². The molecule has 0 spiro atoms. The Kier molecular flexibility index (Phi) is 13.6. The average molecular weight is 748 g/mol. The first-order chi connectivity index (χ1) is 24.5. The van der Waals surface area contributed by atoms with E-state index in [1.165, 1.54) is 74.5 Å². The van der Waals surface area contributed by atoms with Gasteiger partial charge in [-0.3, -0.25) is 9.59 Å². The van der Waals surface area contributed by atoms with Crippen LogP contribution in [0.2, 0.25) is 10.0 Å². The molecule has 4 rings (SSSR count). The second-order valence-corrected chi connectivity index (χ2v) is 11.9. The minimum Gasteiger partial charge on any atom is -0.490 e. The quantitative estimate of drug-likeness (QED) is 0.122. The van der Waals surface area contributed by atoms with Crippen LogP contribution < -0.4 is 20.1 Å². The smallest absolute Gasteiger partial charge is 0.259 e. The Balaban J connectivity index is 0.000000280. The number of carbonyl (C=O) groups is 2. The van der Waals surface area contributed by atoms with E-state index in [0.717, 1.165) is 12.1 Å². The minimum atomic E-state index is -1.92. The van der Waals surface area contributed by atoms with Gasteiger partial charge in [-0.05, 0) is 62.4 Å². The first-order valence-electron chi connectivity index (χ1n) is 14.6. The summed E-state index contributed by atoms with van der Waals surface area (Å²) in [6.07, 6.45) is 0. The Bertz CT molecular complexity index is 2020. The fourth-order valence-corrected chi connectivity index (χ4v) is 4.26. The molecular formula is C36H26Cl2F2N6O6. The van der Waals surface area contributed by atoms with Gasteiger partial charge in [0.05, 0.1) is 24.3 Å². The van der Waals surface area contributed by atoms with E-state index >= 15 is 0 Å². The summed E-state index contributed by atoms with van der Waals surface area (Å²) in [5, 5.41) is 43.2. The molecule has 2 atom stereocenters.